The second kappa shape index (κ2) is 8.47. The number of aryl methyl sites for hydroxylation is 1. The van der Waals surface area contributed by atoms with Crippen LogP contribution in [0.15, 0.2) is 42.7 Å². The van der Waals surface area contributed by atoms with Crippen LogP contribution in [0.4, 0.5) is 5.95 Å². The molecule has 0 aliphatic carbocycles. The number of anilines is 1. The first-order valence-corrected chi connectivity index (χ1v) is 10.8. The first kappa shape index (κ1) is 19.3. The molecule has 1 aromatic heterocycles. The summed E-state index contributed by atoms with van der Waals surface area (Å²) in [7, 11) is -1.18. The van der Waals surface area contributed by atoms with E-state index in [0.29, 0.717) is 24.5 Å². The van der Waals surface area contributed by atoms with Gasteiger partial charge in [-0.05, 0) is 24.8 Å². The molecule has 7 nitrogen and oxygen atoms in total. The van der Waals surface area contributed by atoms with Crippen molar-refractivity contribution in [3.8, 4) is 0 Å². The minimum absolute atomic E-state index is 0.118. The van der Waals surface area contributed by atoms with Crippen LogP contribution < -0.4 is 10.2 Å². The fourth-order valence-corrected chi connectivity index (χ4v) is 4.88. The molecule has 2 heterocycles. The fraction of sp³-hybridized carbons (Fsp3) is 0.421. The van der Waals surface area contributed by atoms with Gasteiger partial charge in [-0.25, -0.2) is 18.4 Å². The molecule has 1 aliphatic heterocycles. The van der Waals surface area contributed by atoms with Gasteiger partial charge in [0.15, 0.2) is 9.84 Å². The second-order valence-electron chi connectivity index (χ2n) is 6.78. The van der Waals surface area contributed by atoms with Gasteiger partial charge in [0.25, 0.3) is 5.91 Å². The molecule has 1 N–H and O–H groups in total. The number of nitrogens with one attached hydrogen (secondary N) is 1. The summed E-state index contributed by atoms with van der Waals surface area (Å²) in [5, 5.41) is 2.87. The normalized spacial score (nSPS) is 18.2. The number of hydrogen-bond donors (Lipinski definition) is 1. The number of hydrogen-bond acceptors (Lipinski definition) is 6. The smallest absolute Gasteiger partial charge is 0.254 e. The first-order valence-electron chi connectivity index (χ1n) is 9.02. The van der Waals surface area contributed by atoms with E-state index in [1.807, 2.05) is 18.2 Å². The van der Waals surface area contributed by atoms with Crippen LogP contribution in [0.5, 0.6) is 0 Å². The van der Waals surface area contributed by atoms with E-state index in [1.54, 1.807) is 11.9 Å². The maximum absolute atomic E-state index is 12.2. The molecule has 1 amide bonds. The molecule has 0 saturated carbocycles. The quantitative estimate of drug-likeness (QED) is 0.722. The summed E-state index contributed by atoms with van der Waals surface area (Å²) in [5.41, 5.74) is 1.64. The average Bonchev–Trinajstić information content (AvgIpc) is 3.05. The number of benzene rings is 1. The molecule has 8 heteroatoms. The van der Waals surface area contributed by atoms with Crippen LogP contribution in [0, 0.1) is 0 Å². The van der Waals surface area contributed by atoms with Crippen molar-refractivity contribution in [1.29, 1.82) is 0 Å². The summed E-state index contributed by atoms with van der Waals surface area (Å²) in [6.07, 6.45) is 5.30. The van der Waals surface area contributed by atoms with Crippen molar-refractivity contribution in [1.82, 2.24) is 15.3 Å². The molecule has 1 aliphatic rings. The van der Waals surface area contributed by atoms with E-state index in [1.165, 1.54) is 18.0 Å². The predicted molar refractivity (Wildman–Crippen MR) is 105 cm³/mol. The highest BCUT2D eigenvalue weighted by atomic mass is 32.2. The summed E-state index contributed by atoms with van der Waals surface area (Å²) in [4.78, 5) is 22.4. The Morgan fingerprint density at radius 3 is 2.56 bits per heavy atom. The molecule has 0 radical (unpaired) electrons. The van der Waals surface area contributed by atoms with Crippen molar-refractivity contribution >= 4 is 21.7 Å². The Morgan fingerprint density at radius 2 is 1.93 bits per heavy atom. The van der Waals surface area contributed by atoms with Gasteiger partial charge in [0, 0.05) is 32.0 Å². The lowest BCUT2D eigenvalue weighted by molar-refractivity contribution is 0.0952. The van der Waals surface area contributed by atoms with Crippen LogP contribution in [0.3, 0.4) is 0 Å². The van der Waals surface area contributed by atoms with E-state index in [9.17, 15) is 13.2 Å². The van der Waals surface area contributed by atoms with Gasteiger partial charge in [0.05, 0.1) is 17.1 Å². The highest BCUT2D eigenvalue weighted by Crippen LogP contribution is 2.19. The average molecular weight is 388 g/mol. The number of rotatable bonds is 7. The minimum atomic E-state index is -2.96. The zero-order chi connectivity index (χ0) is 19.3. The van der Waals surface area contributed by atoms with Crippen molar-refractivity contribution in [2.45, 2.75) is 25.3 Å². The molecule has 1 fully saturated rings. The van der Waals surface area contributed by atoms with Crippen molar-refractivity contribution in [3.63, 3.8) is 0 Å². The molecule has 144 valence electrons. The summed E-state index contributed by atoms with van der Waals surface area (Å²) in [6.45, 7) is 0.579. The zero-order valence-corrected chi connectivity index (χ0v) is 16.2. The molecule has 1 atom stereocenters. The zero-order valence-electron chi connectivity index (χ0n) is 15.3. The third-order valence-electron chi connectivity index (χ3n) is 4.74. The standard InChI is InChI=1S/C19H24N4O3S/c1-23(17-9-11-27(25,26)14-17)19-21-12-16(13-22-19)18(24)20-10-5-8-15-6-3-2-4-7-15/h2-4,6-7,12-13,17H,5,8-11,14H2,1H3,(H,20,24). The Bertz CT molecular complexity index is 870. The van der Waals surface area contributed by atoms with E-state index in [0.717, 1.165) is 12.8 Å². The Morgan fingerprint density at radius 1 is 1.22 bits per heavy atom. The molecule has 0 bridgehead atoms. The number of aromatic nitrogens is 2. The Balaban J connectivity index is 1.48. The van der Waals surface area contributed by atoms with Crippen molar-refractivity contribution in [3.05, 3.63) is 53.9 Å². The molecular formula is C19H24N4O3S. The van der Waals surface area contributed by atoms with Crippen molar-refractivity contribution in [2.24, 2.45) is 0 Å². The Hall–Kier alpha value is -2.48. The predicted octanol–water partition coefficient (Wildman–Crippen LogP) is 1.46. The van der Waals surface area contributed by atoms with E-state index in [2.05, 4.69) is 27.4 Å². The SMILES string of the molecule is CN(c1ncc(C(=O)NCCCc2ccccc2)cn1)C1CCS(=O)(=O)C1. The third kappa shape index (κ3) is 5.26. The highest BCUT2D eigenvalue weighted by Gasteiger charge is 2.31. The molecule has 1 unspecified atom stereocenters. The monoisotopic (exact) mass is 388 g/mol. The topological polar surface area (TPSA) is 92.3 Å². The van der Waals surface area contributed by atoms with E-state index in [-0.39, 0.29) is 23.5 Å². The molecule has 3 rings (SSSR count). The van der Waals surface area contributed by atoms with Gasteiger partial charge >= 0.3 is 0 Å². The number of carbonyl (C=O) groups is 1. The first-order chi connectivity index (χ1) is 12.9. The Kier molecular flexibility index (Phi) is 6.05. The van der Waals surface area contributed by atoms with Gasteiger partial charge < -0.3 is 10.2 Å². The van der Waals surface area contributed by atoms with Gasteiger partial charge in [-0.15, -0.1) is 0 Å². The van der Waals surface area contributed by atoms with Crippen LogP contribution in [0.2, 0.25) is 0 Å². The van der Waals surface area contributed by atoms with Crippen molar-refractivity contribution < 1.29 is 13.2 Å². The molecule has 27 heavy (non-hydrogen) atoms. The molecule has 1 saturated heterocycles. The van der Waals surface area contributed by atoms with Crippen LogP contribution in [0.1, 0.15) is 28.8 Å². The summed E-state index contributed by atoms with van der Waals surface area (Å²) in [5.74, 6) is 0.542. The number of amides is 1. The van der Waals surface area contributed by atoms with Crippen LogP contribution in [-0.2, 0) is 16.3 Å². The fourth-order valence-electron chi connectivity index (χ4n) is 3.11. The van der Waals surface area contributed by atoms with Crippen LogP contribution in [-0.4, -0.2) is 55.4 Å². The van der Waals surface area contributed by atoms with Gasteiger partial charge in [-0.2, -0.15) is 0 Å². The van der Waals surface area contributed by atoms with Crippen LogP contribution >= 0.6 is 0 Å². The lowest BCUT2D eigenvalue weighted by atomic mass is 10.1. The third-order valence-corrected chi connectivity index (χ3v) is 6.49. The molecule has 0 spiro atoms. The number of nitrogens with zero attached hydrogens (tertiary/aromatic N) is 3. The molecular weight excluding hydrogens is 364 g/mol. The van der Waals surface area contributed by atoms with E-state index < -0.39 is 9.84 Å². The summed E-state index contributed by atoms with van der Waals surface area (Å²) in [6, 6.07) is 10.0. The maximum Gasteiger partial charge on any atom is 0.254 e. The summed E-state index contributed by atoms with van der Waals surface area (Å²) >= 11 is 0. The lowest BCUT2D eigenvalue weighted by Crippen LogP contribution is -2.34. The van der Waals surface area contributed by atoms with Crippen LogP contribution in [0.25, 0.3) is 0 Å². The minimum Gasteiger partial charge on any atom is -0.352 e. The number of carbonyl (C=O) groups excluding carboxylic acids is 1. The number of sulfone groups is 1. The maximum atomic E-state index is 12.2. The molecule has 2 aromatic rings. The van der Waals surface area contributed by atoms with Gasteiger partial charge in [-0.3, -0.25) is 4.79 Å². The van der Waals surface area contributed by atoms with Crippen molar-refractivity contribution in [2.75, 3.05) is 30.0 Å². The van der Waals surface area contributed by atoms with E-state index in [4.69, 9.17) is 0 Å². The van der Waals surface area contributed by atoms with E-state index >= 15 is 0 Å². The second-order valence-corrected chi connectivity index (χ2v) is 9.01. The van der Waals surface area contributed by atoms with Gasteiger partial charge in [0.1, 0.15) is 0 Å². The highest BCUT2D eigenvalue weighted by molar-refractivity contribution is 7.91. The van der Waals surface area contributed by atoms with Gasteiger partial charge in [-0.1, -0.05) is 30.3 Å². The lowest BCUT2D eigenvalue weighted by Gasteiger charge is -2.23. The Labute approximate surface area is 159 Å². The largest absolute Gasteiger partial charge is 0.352 e. The molecule has 1 aromatic carbocycles. The van der Waals surface area contributed by atoms with Gasteiger partial charge in [0.2, 0.25) is 5.95 Å². The summed E-state index contributed by atoms with van der Waals surface area (Å²) < 4.78 is 23.2.